The van der Waals surface area contributed by atoms with E-state index < -0.39 is 0 Å². The monoisotopic (exact) mass is 171 g/mol. The van der Waals surface area contributed by atoms with Crippen LogP contribution in [0.15, 0.2) is 29.0 Å². The SMILES string of the molecule is [CH2][n+]1ccc(Br)cc1. The Labute approximate surface area is 57.1 Å². The predicted octanol–water partition coefficient (Wildman–Crippen LogP) is 1.38. The topological polar surface area (TPSA) is 3.88 Å². The van der Waals surface area contributed by atoms with Gasteiger partial charge in [-0.3, -0.25) is 0 Å². The van der Waals surface area contributed by atoms with E-state index >= 15 is 0 Å². The van der Waals surface area contributed by atoms with Gasteiger partial charge in [-0.15, -0.1) is 0 Å². The zero-order chi connectivity index (χ0) is 5.98. The van der Waals surface area contributed by atoms with E-state index in [9.17, 15) is 0 Å². The standard InChI is InChI=1S/C6H6BrN/c1-8-4-2-6(7)3-5-8/h2-5H,1H2/q+1. The Hall–Kier alpha value is -0.370. The molecule has 0 atom stereocenters. The lowest BCUT2D eigenvalue weighted by Crippen LogP contribution is -2.22. The molecule has 0 bridgehead atoms. The van der Waals surface area contributed by atoms with Crippen molar-refractivity contribution < 1.29 is 4.57 Å². The first kappa shape index (κ1) is 5.76. The molecule has 1 heterocycles. The van der Waals surface area contributed by atoms with Crippen LogP contribution < -0.4 is 4.57 Å². The Kier molecular flexibility index (Phi) is 1.63. The van der Waals surface area contributed by atoms with E-state index in [0.717, 1.165) is 4.47 Å². The second kappa shape index (κ2) is 2.27. The second-order valence-corrected chi connectivity index (χ2v) is 2.45. The maximum Gasteiger partial charge on any atom is 0.206 e. The van der Waals surface area contributed by atoms with Crippen molar-refractivity contribution in [2.75, 3.05) is 0 Å². The molecule has 0 aliphatic carbocycles. The quantitative estimate of drug-likeness (QED) is 0.520. The minimum absolute atomic E-state index is 1.08. The van der Waals surface area contributed by atoms with E-state index in [2.05, 4.69) is 23.0 Å². The van der Waals surface area contributed by atoms with Crippen molar-refractivity contribution in [2.24, 2.45) is 0 Å². The summed E-state index contributed by atoms with van der Waals surface area (Å²) in [5.41, 5.74) is 0. The lowest BCUT2D eigenvalue weighted by molar-refractivity contribution is -0.612. The number of pyridine rings is 1. The lowest BCUT2D eigenvalue weighted by Gasteiger charge is -1.83. The van der Waals surface area contributed by atoms with Gasteiger partial charge in [0.2, 0.25) is 7.05 Å². The Morgan fingerprint density at radius 1 is 1.38 bits per heavy atom. The Bertz CT molecular complexity index is 147. The van der Waals surface area contributed by atoms with Gasteiger partial charge in [-0.1, -0.05) is 15.9 Å². The average Bonchev–Trinajstić information content (AvgIpc) is 1.77. The van der Waals surface area contributed by atoms with Crippen molar-refractivity contribution in [3.05, 3.63) is 36.0 Å². The lowest BCUT2D eigenvalue weighted by atomic mass is 10.5. The zero-order valence-electron chi connectivity index (χ0n) is 4.34. The van der Waals surface area contributed by atoms with E-state index in [1.54, 1.807) is 4.57 Å². The van der Waals surface area contributed by atoms with E-state index in [-0.39, 0.29) is 0 Å². The van der Waals surface area contributed by atoms with Gasteiger partial charge in [-0.2, -0.15) is 4.57 Å². The third-order valence-electron chi connectivity index (χ3n) is 0.850. The number of hydrogen-bond acceptors (Lipinski definition) is 0. The molecule has 2 heteroatoms. The van der Waals surface area contributed by atoms with Crippen LogP contribution in [0.4, 0.5) is 0 Å². The molecule has 0 spiro atoms. The van der Waals surface area contributed by atoms with Crippen molar-refractivity contribution in [3.8, 4) is 0 Å². The number of rotatable bonds is 0. The highest BCUT2D eigenvalue weighted by Gasteiger charge is 1.87. The van der Waals surface area contributed by atoms with Gasteiger partial charge in [0.25, 0.3) is 0 Å². The van der Waals surface area contributed by atoms with E-state index in [1.165, 1.54) is 0 Å². The summed E-state index contributed by atoms with van der Waals surface area (Å²) in [6, 6.07) is 3.88. The van der Waals surface area contributed by atoms with Crippen LogP contribution in [-0.4, -0.2) is 0 Å². The molecule has 41 valence electrons. The molecule has 1 radical (unpaired) electrons. The van der Waals surface area contributed by atoms with Crippen LogP contribution in [0.1, 0.15) is 0 Å². The number of hydrogen-bond donors (Lipinski definition) is 0. The van der Waals surface area contributed by atoms with E-state index in [4.69, 9.17) is 0 Å². The maximum absolute atomic E-state index is 3.66. The Morgan fingerprint density at radius 3 is 2.25 bits per heavy atom. The van der Waals surface area contributed by atoms with Crippen molar-refractivity contribution in [3.63, 3.8) is 0 Å². The molecule has 0 aliphatic rings. The van der Waals surface area contributed by atoms with Gasteiger partial charge >= 0.3 is 0 Å². The summed E-state index contributed by atoms with van der Waals surface area (Å²) in [4.78, 5) is 0. The highest BCUT2D eigenvalue weighted by Crippen LogP contribution is 2.02. The maximum atomic E-state index is 3.66. The summed E-state index contributed by atoms with van der Waals surface area (Å²) in [6.07, 6.45) is 3.76. The third kappa shape index (κ3) is 1.30. The first-order chi connectivity index (χ1) is 3.79. The van der Waals surface area contributed by atoms with Crippen LogP contribution in [0, 0.1) is 7.05 Å². The second-order valence-electron chi connectivity index (χ2n) is 1.53. The van der Waals surface area contributed by atoms with Gasteiger partial charge in [0.05, 0.1) is 0 Å². The largest absolute Gasteiger partial charge is 0.206 e. The fourth-order valence-corrected chi connectivity index (χ4v) is 0.676. The highest BCUT2D eigenvalue weighted by molar-refractivity contribution is 9.10. The van der Waals surface area contributed by atoms with E-state index in [0.29, 0.717) is 0 Å². The summed E-state index contributed by atoms with van der Waals surface area (Å²) >= 11 is 3.30. The molecule has 0 aromatic carbocycles. The number of halogens is 1. The summed E-state index contributed by atoms with van der Waals surface area (Å²) in [6.45, 7) is 0. The zero-order valence-corrected chi connectivity index (χ0v) is 5.93. The van der Waals surface area contributed by atoms with Crippen LogP contribution in [-0.2, 0) is 0 Å². The normalized spacial score (nSPS) is 9.25. The molecule has 1 nitrogen and oxygen atoms in total. The summed E-state index contributed by atoms with van der Waals surface area (Å²) in [5.74, 6) is 0. The minimum Gasteiger partial charge on any atom is -0.198 e. The van der Waals surface area contributed by atoms with Gasteiger partial charge in [-0.05, 0) is 0 Å². The Morgan fingerprint density at radius 2 is 1.88 bits per heavy atom. The third-order valence-corrected chi connectivity index (χ3v) is 1.38. The fourth-order valence-electron chi connectivity index (χ4n) is 0.439. The molecule has 1 rings (SSSR count). The molecule has 8 heavy (non-hydrogen) atoms. The molecule has 1 aromatic rings. The number of nitrogens with zero attached hydrogens (tertiary/aromatic N) is 1. The molecule has 0 aliphatic heterocycles. The van der Waals surface area contributed by atoms with Crippen molar-refractivity contribution in [1.29, 1.82) is 0 Å². The average molecular weight is 172 g/mol. The summed E-state index contributed by atoms with van der Waals surface area (Å²) < 4.78 is 2.82. The minimum atomic E-state index is 1.08. The van der Waals surface area contributed by atoms with Crippen molar-refractivity contribution >= 4 is 15.9 Å². The first-order valence-electron chi connectivity index (χ1n) is 2.27. The molecule has 0 N–H and O–H groups in total. The van der Waals surface area contributed by atoms with Gasteiger partial charge in [0.1, 0.15) is 0 Å². The smallest absolute Gasteiger partial charge is 0.198 e. The van der Waals surface area contributed by atoms with E-state index in [1.807, 2.05) is 24.5 Å². The molecule has 1 aromatic heterocycles. The van der Waals surface area contributed by atoms with Crippen LogP contribution >= 0.6 is 15.9 Å². The van der Waals surface area contributed by atoms with Crippen LogP contribution in [0.5, 0.6) is 0 Å². The van der Waals surface area contributed by atoms with Crippen molar-refractivity contribution in [2.45, 2.75) is 0 Å². The molecular weight excluding hydrogens is 166 g/mol. The summed E-state index contributed by atoms with van der Waals surface area (Å²) in [5, 5.41) is 0. The molecular formula is C6H6BrN+. The predicted molar refractivity (Wildman–Crippen MR) is 35.1 cm³/mol. The fraction of sp³-hybridized carbons (Fsp3) is 0. The van der Waals surface area contributed by atoms with Gasteiger partial charge in [-0.25, -0.2) is 0 Å². The molecule has 0 saturated carbocycles. The summed E-state index contributed by atoms with van der Waals surface area (Å²) in [7, 11) is 3.66. The van der Waals surface area contributed by atoms with Crippen molar-refractivity contribution in [1.82, 2.24) is 0 Å². The number of aromatic nitrogens is 1. The highest BCUT2D eigenvalue weighted by atomic mass is 79.9. The van der Waals surface area contributed by atoms with Gasteiger partial charge in [0.15, 0.2) is 12.4 Å². The molecule has 0 fully saturated rings. The molecule has 0 unspecified atom stereocenters. The van der Waals surface area contributed by atoms with Crippen LogP contribution in [0.3, 0.4) is 0 Å². The Balaban J connectivity index is 3.03. The van der Waals surface area contributed by atoms with Crippen LogP contribution in [0.2, 0.25) is 0 Å². The first-order valence-corrected chi connectivity index (χ1v) is 3.06. The van der Waals surface area contributed by atoms with Gasteiger partial charge < -0.3 is 0 Å². The molecule has 0 amide bonds. The molecule has 0 saturated heterocycles. The van der Waals surface area contributed by atoms with Crippen LogP contribution in [0.25, 0.3) is 0 Å². The van der Waals surface area contributed by atoms with Gasteiger partial charge in [0, 0.05) is 16.6 Å².